The number of amides is 2. The zero-order chi connectivity index (χ0) is 22.1. The maximum Gasteiger partial charge on any atom is 0.356 e. The molecule has 0 aliphatic rings. The van der Waals surface area contributed by atoms with Crippen molar-refractivity contribution in [3.05, 3.63) is 22.3 Å². The van der Waals surface area contributed by atoms with Crippen molar-refractivity contribution in [2.45, 2.75) is 39.8 Å². The molecule has 0 aliphatic carbocycles. The third-order valence-electron chi connectivity index (χ3n) is 3.44. The van der Waals surface area contributed by atoms with Gasteiger partial charge in [0.2, 0.25) is 11.7 Å². The highest BCUT2D eigenvalue weighted by Crippen LogP contribution is 2.24. The lowest BCUT2D eigenvalue weighted by molar-refractivity contribution is -0.134. The van der Waals surface area contributed by atoms with Gasteiger partial charge in [0.05, 0.1) is 5.20 Å². The number of primary amides is 2. The van der Waals surface area contributed by atoms with E-state index in [2.05, 4.69) is 10.6 Å². The molecule has 0 atom stereocenters. The van der Waals surface area contributed by atoms with Crippen LogP contribution in [-0.2, 0) is 23.6 Å². The second-order valence-corrected chi connectivity index (χ2v) is 9.98. The van der Waals surface area contributed by atoms with Crippen molar-refractivity contribution >= 4 is 32.1 Å². The van der Waals surface area contributed by atoms with Gasteiger partial charge in [0.15, 0.2) is 5.70 Å². The molecular formula is C16H28N4O7Si. The Balaban J connectivity index is 6.46. The Hall–Kier alpha value is -3.02. The van der Waals surface area contributed by atoms with Crippen LogP contribution in [0, 0.1) is 0 Å². The monoisotopic (exact) mass is 416 g/mol. The molecule has 0 aromatic carbocycles. The van der Waals surface area contributed by atoms with Crippen LogP contribution in [-0.4, -0.2) is 55.4 Å². The average molecular weight is 417 g/mol. The first-order valence-corrected chi connectivity index (χ1v) is 11.5. The number of hydrogen-bond donors (Lipinski definition) is 6. The van der Waals surface area contributed by atoms with Gasteiger partial charge >= 0.3 is 11.9 Å². The Morgan fingerprint density at radius 2 is 1.29 bits per heavy atom. The fourth-order valence-electron chi connectivity index (χ4n) is 2.28. The van der Waals surface area contributed by atoms with Crippen LogP contribution < -0.4 is 22.1 Å². The lowest BCUT2D eigenvalue weighted by Gasteiger charge is -2.28. The maximum atomic E-state index is 12.0. The summed E-state index contributed by atoms with van der Waals surface area (Å²) in [5.41, 5.74) is 9.65. The van der Waals surface area contributed by atoms with Gasteiger partial charge in [0.25, 0.3) is 14.2 Å². The first-order valence-electron chi connectivity index (χ1n) is 8.62. The van der Waals surface area contributed by atoms with Crippen LogP contribution in [0.2, 0.25) is 13.1 Å². The van der Waals surface area contributed by atoms with Gasteiger partial charge < -0.3 is 36.7 Å². The molecule has 0 spiro atoms. The molecule has 0 rings (SSSR count). The van der Waals surface area contributed by atoms with E-state index in [1.807, 2.05) is 0 Å². The third-order valence-corrected chi connectivity index (χ3v) is 5.85. The first kappa shape index (κ1) is 25.0. The van der Waals surface area contributed by atoms with Gasteiger partial charge in [-0.25, -0.2) is 9.59 Å². The van der Waals surface area contributed by atoms with Crippen molar-refractivity contribution in [1.82, 2.24) is 10.6 Å². The molecule has 28 heavy (non-hydrogen) atoms. The summed E-state index contributed by atoms with van der Waals surface area (Å²) in [6.07, 6.45) is 1.13. The molecule has 0 radical (unpaired) electrons. The summed E-state index contributed by atoms with van der Waals surface area (Å²) in [6, 6.07) is 0. The minimum atomic E-state index is -3.55. The van der Waals surface area contributed by atoms with Crippen molar-refractivity contribution in [3.8, 4) is 0 Å². The molecule has 0 aromatic rings. The van der Waals surface area contributed by atoms with Crippen molar-refractivity contribution < 1.29 is 33.8 Å². The molecule has 0 saturated heterocycles. The smallest absolute Gasteiger partial charge is 0.356 e. The summed E-state index contributed by atoms with van der Waals surface area (Å²) in [6.45, 7) is 6.86. The van der Waals surface area contributed by atoms with Gasteiger partial charge in [-0.1, -0.05) is 13.8 Å². The highest BCUT2D eigenvalue weighted by Gasteiger charge is 2.41. The molecule has 158 valence electrons. The highest BCUT2D eigenvalue weighted by atomic mass is 28.4. The topological polar surface area (TPSA) is 194 Å². The van der Waals surface area contributed by atoms with E-state index in [9.17, 15) is 29.4 Å². The molecule has 0 bridgehead atoms. The van der Waals surface area contributed by atoms with E-state index >= 15 is 0 Å². The molecule has 12 heteroatoms. The number of hydrogen-bond acceptors (Lipinski definition) is 7. The molecular weight excluding hydrogens is 388 g/mol. The van der Waals surface area contributed by atoms with Crippen LogP contribution in [0.1, 0.15) is 26.7 Å². The van der Waals surface area contributed by atoms with E-state index in [1.54, 1.807) is 13.8 Å². The van der Waals surface area contributed by atoms with Crippen molar-refractivity contribution in [3.63, 3.8) is 0 Å². The summed E-state index contributed by atoms with van der Waals surface area (Å²) in [5, 5.41) is 23.7. The number of aliphatic carboxylic acids is 2. The predicted molar refractivity (Wildman–Crippen MR) is 103 cm³/mol. The number of nitrogens with one attached hydrogen (secondary N) is 2. The molecule has 0 unspecified atom stereocenters. The number of carboxylic acid groups (broad SMARTS) is 2. The van der Waals surface area contributed by atoms with Gasteiger partial charge in [0, 0.05) is 13.1 Å². The quantitative estimate of drug-likeness (QED) is 0.128. The average Bonchev–Trinajstić information content (AvgIpc) is 2.56. The van der Waals surface area contributed by atoms with Crippen LogP contribution in [0.15, 0.2) is 22.3 Å². The van der Waals surface area contributed by atoms with Gasteiger partial charge in [0.1, 0.15) is 5.70 Å². The Labute approximate surface area is 163 Å². The highest BCUT2D eigenvalue weighted by molar-refractivity contribution is 6.83. The molecule has 0 saturated carbocycles. The molecule has 0 aromatic heterocycles. The largest absolute Gasteiger partial charge is 0.534 e. The molecule has 0 fully saturated rings. The summed E-state index contributed by atoms with van der Waals surface area (Å²) in [7, 11) is -3.55. The second kappa shape index (κ2) is 11.0. The normalized spacial score (nSPS) is 13.0. The van der Waals surface area contributed by atoms with Crippen LogP contribution in [0.4, 0.5) is 0 Å². The summed E-state index contributed by atoms with van der Waals surface area (Å²) >= 11 is 0. The van der Waals surface area contributed by atoms with E-state index in [1.165, 1.54) is 13.1 Å². The summed E-state index contributed by atoms with van der Waals surface area (Å²) in [5.74, 6) is -5.85. The van der Waals surface area contributed by atoms with E-state index < -0.39 is 49.2 Å². The lowest BCUT2D eigenvalue weighted by Crippen LogP contribution is -2.46. The predicted octanol–water partition coefficient (Wildman–Crippen LogP) is -0.648. The van der Waals surface area contributed by atoms with Gasteiger partial charge in [-0.2, -0.15) is 0 Å². The Bertz CT molecular complexity index is 701. The van der Waals surface area contributed by atoms with Crippen molar-refractivity contribution in [2.75, 3.05) is 13.1 Å². The van der Waals surface area contributed by atoms with E-state index in [0.29, 0.717) is 12.8 Å². The van der Waals surface area contributed by atoms with Gasteiger partial charge in [-0.05, 0) is 25.9 Å². The van der Waals surface area contributed by atoms with Crippen LogP contribution in [0.5, 0.6) is 0 Å². The Morgan fingerprint density at radius 1 is 0.857 bits per heavy atom. The SMILES string of the molecule is CCCNC(C(=O)O)=C(O[Si](C)(C)C(C(N)=O)=C(NCCC)C(=O)O)C(N)=O. The first-order chi connectivity index (χ1) is 12.9. The number of nitrogens with two attached hydrogens (primary N) is 2. The van der Waals surface area contributed by atoms with E-state index in [4.69, 9.17) is 15.9 Å². The van der Waals surface area contributed by atoms with Crippen LogP contribution in [0.25, 0.3) is 0 Å². The van der Waals surface area contributed by atoms with Gasteiger partial charge in [-0.3, -0.25) is 9.59 Å². The zero-order valence-electron chi connectivity index (χ0n) is 16.4. The van der Waals surface area contributed by atoms with Crippen LogP contribution >= 0.6 is 0 Å². The van der Waals surface area contributed by atoms with Crippen LogP contribution in [0.3, 0.4) is 0 Å². The standard InChI is InChI=1S/C16H28N4O7Si/c1-5-7-19-9(15(23)24)11(13(17)21)27-28(3,4)12(14(18)22)10(16(25)26)20-8-6-2/h19-20H,5-8H2,1-4H3,(H2,17,21)(H2,18,22)(H,23,24)(H,25,26). The van der Waals surface area contributed by atoms with E-state index in [-0.39, 0.29) is 18.3 Å². The number of rotatable bonds is 13. The maximum absolute atomic E-state index is 12.0. The molecule has 2 amide bonds. The summed E-state index contributed by atoms with van der Waals surface area (Å²) < 4.78 is 5.59. The van der Waals surface area contributed by atoms with Gasteiger partial charge in [-0.15, -0.1) is 0 Å². The lowest BCUT2D eigenvalue weighted by atomic mass is 10.3. The fourth-order valence-corrected chi connectivity index (χ4v) is 4.48. The minimum Gasteiger partial charge on any atom is -0.534 e. The molecule has 8 N–H and O–H groups in total. The van der Waals surface area contributed by atoms with Crippen molar-refractivity contribution in [2.24, 2.45) is 11.5 Å². The molecule has 11 nitrogen and oxygen atoms in total. The molecule has 0 heterocycles. The number of carboxylic acids is 2. The molecule has 0 aliphatic heterocycles. The second-order valence-electron chi connectivity index (χ2n) is 6.26. The minimum absolute atomic E-state index is 0.223. The van der Waals surface area contributed by atoms with Crippen molar-refractivity contribution in [1.29, 1.82) is 0 Å². The third kappa shape index (κ3) is 6.94. The zero-order valence-corrected chi connectivity index (χ0v) is 17.4. The summed E-state index contributed by atoms with van der Waals surface area (Å²) in [4.78, 5) is 47.0. The number of carbonyl (C=O) groups excluding carboxylic acids is 2. The Morgan fingerprint density at radius 3 is 1.61 bits per heavy atom. The van der Waals surface area contributed by atoms with E-state index in [0.717, 1.165) is 0 Å². The number of carbonyl (C=O) groups is 4. The Kier molecular flexibility index (Phi) is 9.78. The fraction of sp³-hybridized carbons (Fsp3) is 0.500.